The third-order valence-electron chi connectivity index (χ3n) is 3.60. The van der Waals surface area contributed by atoms with Crippen LogP contribution in [-0.2, 0) is 14.4 Å². The summed E-state index contributed by atoms with van der Waals surface area (Å²) in [6, 6.07) is 17.1. The van der Waals surface area contributed by atoms with Crippen LogP contribution in [0.2, 0.25) is 5.02 Å². The molecule has 148 valence electrons. The van der Waals surface area contributed by atoms with Crippen molar-refractivity contribution in [2.75, 3.05) is 5.75 Å². The topological polar surface area (TPSA) is 87.3 Å². The lowest BCUT2D eigenvalue weighted by Crippen LogP contribution is -2.50. The first-order valence-electron chi connectivity index (χ1n) is 8.68. The van der Waals surface area contributed by atoms with E-state index in [0.29, 0.717) is 5.02 Å². The van der Waals surface area contributed by atoms with Gasteiger partial charge in [0.15, 0.2) is 0 Å². The Morgan fingerprint density at radius 2 is 1.50 bits per heavy atom. The minimum absolute atomic E-state index is 0.0795. The van der Waals surface area contributed by atoms with Gasteiger partial charge in [-0.3, -0.25) is 25.2 Å². The van der Waals surface area contributed by atoms with Gasteiger partial charge in [0.05, 0.1) is 11.0 Å². The molecule has 28 heavy (non-hydrogen) atoms. The molecule has 0 saturated heterocycles. The number of carbonyl (C=O) groups is 3. The highest BCUT2D eigenvalue weighted by Crippen LogP contribution is 2.35. The number of nitrogens with one attached hydrogen (secondary N) is 3. The molecule has 0 aliphatic heterocycles. The molecule has 3 amide bonds. The van der Waals surface area contributed by atoms with E-state index in [1.807, 2.05) is 42.5 Å². The zero-order chi connectivity index (χ0) is 20.5. The van der Waals surface area contributed by atoms with E-state index in [2.05, 4.69) is 16.2 Å². The predicted octanol–water partition coefficient (Wildman–Crippen LogP) is 2.83. The highest BCUT2D eigenvalue weighted by atomic mass is 35.5. The van der Waals surface area contributed by atoms with Gasteiger partial charge in [0.1, 0.15) is 0 Å². The molecule has 2 rings (SSSR count). The SMILES string of the molecule is CC(C)NC(=O)C(=O)NNC(=O)CS[C@@H](c1ccccc1)c1ccc(Cl)cc1. The number of thioether (sulfide) groups is 1. The molecule has 0 bridgehead atoms. The van der Waals surface area contributed by atoms with Gasteiger partial charge in [0.25, 0.3) is 0 Å². The molecule has 0 spiro atoms. The quantitative estimate of drug-likeness (QED) is 0.496. The molecule has 3 N–H and O–H groups in total. The number of carbonyl (C=O) groups excluding carboxylic acids is 3. The van der Waals surface area contributed by atoms with E-state index in [0.717, 1.165) is 11.1 Å². The van der Waals surface area contributed by atoms with Crippen LogP contribution < -0.4 is 16.2 Å². The van der Waals surface area contributed by atoms with Gasteiger partial charge in [-0.25, -0.2) is 0 Å². The fraction of sp³-hybridized carbons (Fsp3) is 0.250. The lowest BCUT2D eigenvalue weighted by Gasteiger charge is -2.18. The fourth-order valence-electron chi connectivity index (χ4n) is 2.36. The van der Waals surface area contributed by atoms with Crippen LogP contribution in [0.3, 0.4) is 0 Å². The summed E-state index contributed by atoms with van der Waals surface area (Å²) < 4.78 is 0. The Labute approximate surface area is 173 Å². The first-order chi connectivity index (χ1) is 13.4. The number of amides is 3. The summed E-state index contributed by atoms with van der Waals surface area (Å²) in [5, 5.41) is 3.01. The van der Waals surface area contributed by atoms with Crippen molar-refractivity contribution in [1.82, 2.24) is 16.2 Å². The van der Waals surface area contributed by atoms with Gasteiger partial charge in [0, 0.05) is 11.1 Å². The summed E-state index contributed by atoms with van der Waals surface area (Å²) in [7, 11) is 0. The number of halogens is 1. The fourth-order valence-corrected chi connectivity index (χ4v) is 3.57. The Bertz CT molecular complexity index is 813. The summed E-state index contributed by atoms with van der Waals surface area (Å²) in [5.74, 6) is -2.03. The summed E-state index contributed by atoms with van der Waals surface area (Å²) in [6.07, 6.45) is 0. The number of benzene rings is 2. The van der Waals surface area contributed by atoms with Crippen LogP contribution in [0, 0.1) is 0 Å². The number of hydrogen-bond acceptors (Lipinski definition) is 4. The molecule has 0 aliphatic rings. The van der Waals surface area contributed by atoms with Crippen LogP contribution in [0.15, 0.2) is 54.6 Å². The van der Waals surface area contributed by atoms with E-state index in [-0.39, 0.29) is 17.0 Å². The molecule has 0 unspecified atom stereocenters. The van der Waals surface area contributed by atoms with E-state index < -0.39 is 17.7 Å². The third-order valence-corrected chi connectivity index (χ3v) is 5.16. The van der Waals surface area contributed by atoms with Gasteiger partial charge in [-0.2, -0.15) is 0 Å². The van der Waals surface area contributed by atoms with E-state index in [9.17, 15) is 14.4 Å². The number of rotatable bonds is 6. The highest BCUT2D eigenvalue weighted by molar-refractivity contribution is 8.00. The van der Waals surface area contributed by atoms with Crippen LogP contribution in [0.4, 0.5) is 0 Å². The monoisotopic (exact) mass is 419 g/mol. The Hall–Kier alpha value is -2.51. The Kier molecular flexibility index (Phi) is 8.35. The third kappa shape index (κ3) is 6.90. The highest BCUT2D eigenvalue weighted by Gasteiger charge is 2.18. The van der Waals surface area contributed by atoms with Crippen molar-refractivity contribution in [2.24, 2.45) is 0 Å². The Morgan fingerprint density at radius 1 is 0.893 bits per heavy atom. The predicted molar refractivity (Wildman–Crippen MR) is 112 cm³/mol. The van der Waals surface area contributed by atoms with E-state index in [1.165, 1.54) is 11.8 Å². The van der Waals surface area contributed by atoms with E-state index >= 15 is 0 Å². The van der Waals surface area contributed by atoms with Gasteiger partial charge >= 0.3 is 11.8 Å². The molecule has 0 heterocycles. The van der Waals surface area contributed by atoms with Crippen LogP contribution in [0.5, 0.6) is 0 Å². The second kappa shape index (κ2) is 10.7. The Morgan fingerprint density at radius 3 is 2.11 bits per heavy atom. The maximum atomic E-state index is 12.1. The normalized spacial score (nSPS) is 11.6. The molecule has 2 aromatic carbocycles. The van der Waals surface area contributed by atoms with Crippen LogP contribution >= 0.6 is 23.4 Å². The van der Waals surface area contributed by atoms with Crippen molar-refractivity contribution in [2.45, 2.75) is 25.1 Å². The molecule has 8 heteroatoms. The van der Waals surface area contributed by atoms with Crippen molar-refractivity contribution in [3.63, 3.8) is 0 Å². The first kappa shape index (κ1) is 21.8. The second-order valence-corrected chi connectivity index (χ2v) is 7.81. The maximum Gasteiger partial charge on any atom is 0.327 e. The average Bonchev–Trinajstić information content (AvgIpc) is 2.68. The second-order valence-electron chi connectivity index (χ2n) is 6.28. The zero-order valence-electron chi connectivity index (χ0n) is 15.6. The number of hydrazine groups is 1. The molecule has 6 nitrogen and oxygen atoms in total. The lowest BCUT2D eigenvalue weighted by molar-refractivity contribution is -0.141. The standard InChI is InChI=1S/C20H22ClN3O3S/c1-13(2)22-19(26)20(27)24-23-17(25)12-28-18(14-6-4-3-5-7-14)15-8-10-16(21)11-9-15/h3-11,13,18H,12H2,1-2H3,(H,22,26)(H,23,25)(H,24,27)/t18-/m0/s1. The van der Waals surface area contributed by atoms with Crippen LogP contribution in [-0.4, -0.2) is 29.5 Å². The molecular formula is C20H22ClN3O3S. The summed E-state index contributed by atoms with van der Waals surface area (Å²) in [4.78, 5) is 35.3. The molecule has 0 radical (unpaired) electrons. The van der Waals surface area contributed by atoms with Crippen molar-refractivity contribution in [3.05, 3.63) is 70.7 Å². The molecule has 2 aromatic rings. The van der Waals surface area contributed by atoms with Gasteiger partial charge in [-0.05, 0) is 37.1 Å². The Balaban J connectivity index is 1.96. The van der Waals surface area contributed by atoms with Crippen molar-refractivity contribution in [3.8, 4) is 0 Å². The van der Waals surface area contributed by atoms with Crippen molar-refractivity contribution in [1.29, 1.82) is 0 Å². The average molecular weight is 420 g/mol. The largest absolute Gasteiger partial charge is 0.346 e. The summed E-state index contributed by atoms with van der Waals surface area (Å²) in [5.41, 5.74) is 6.43. The van der Waals surface area contributed by atoms with Gasteiger partial charge < -0.3 is 5.32 Å². The van der Waals surface area contributed by atoms with E-state index in [4.69, 9.17) is 11.6 Å². The summed E-state index contributed by atoms with van der Waals surface area (Å²) in [6.45, 7) is 3.47. The molecular weight excluding hydrogens is 398 g/mol. The lowest BCUT2D eigenvalue weighted by atomic mass is 10.0. The van der Waals surface area contributed by atoms with Crippen molar-refractivity contribution >= 4 is 41.1 Å². The zero-order valence-corrected chi connectivity index (χ0v) is 17.1. The molecule has 0 fully saturated rings. The molecule has 0 aromatic heterocycles. The van der Waals surface area contributed by atoms with Gasteiger partial charge in [0.2, 0.25) is 5.91 Å². The smallest absolute Gasteiger partial charge is 0.327 e. The van der Waals surface area contributed by atoms with Gasteiger partial charge in [-0.1, -0.05) is 54.1 Å². The first-order valence-corrected chi connectivity index (χ1v) is 10.1. The van der Waals surface area contributed by atoms with Gasteiger partial charge in [-0.15, -0.1) is 11.8 Å². The van der Waals surface area contributed by atoms with Crippen LogP contribution in [0.25, 0.3) is 0 Å². The van der Waals surface area contributed by atoms with Crippen LogP contribution in [0.1, 0.15) is 30.2 Å². The molecule has 0 aliphatic carbocycles. The van der Waals surface area contributed by atoms with E-state index in [1.54, 1.807) is 26.0 Å². The number of hydrogen-bond donors (Lipinski definition) is 3. The maximum absolute atomic E-state index is 12.1. The molecule has 1 atom stereocenters. The van der Waals surface area contributed by atoms with Crippen molar-refractivity contribution < 1.29 is 14.4 Å². The molecule has 0 saturated carbocycles. The minimum atomic E-state index is -0.913. The minimum Gasteiger partial charge on any atom is -0.346 e. The summed E-state index contributed by atoms with van der Waals surface area (Å²) >= 11 is 7.38.